The van der Waals surface area contributed by atoms with Gasteiger partial charge in [-0.25, -0.2) is 0 Å². The second kappa shape index (κ2) is 8.15. The zero-order valence-electron chi connectivity index (χ0n) is 10.5. The average molecular weight is 216 g/mol. The molecule has 0 heterocycles. The van der Waals surface area contributed by atoms with E-state index < -0.39 is 0 Å². The first-order valence-electron chi connectivity index (χ1n) is 6.58. The summed E-state index contributed by atoms with van der Waals surface area (Å²) in [6, 6.07) is 8.75. The van der Waals surface area contributed by atoms with Crippen LogP contribution in [0.25, 0.3) is 6.08 Å². The number of unbranched alkanes of at least 4 members (excludes halogenated alkanes) is 5. The summed E-state index contributed by atoms with van der Waals surface area (Å²) in [5.74, 6) is 0. The Morgan fingerprint density at radius 2 is 1.56 bits per heavy atom. The number of hydrogen-bond donors (Lipinski definition) is 0. The van der Waals surface area contributed by atoms with E-state index in [1.165, 1.54) is 56.1 Å². The maximum absolute atomic E-state index is 3.76. The first kappa shape index (κ1) is 13.0. The van der Waals surface area contributed by atoms with Gasteiger partial charge in [0.25, 0.3) is 0 Å². The van der Waals surface area contributed by atoms with Crippen LogP contribution in [0.15, 0.2) is 30.8 Å². The van der Waals surface area contributed by atoms with Crippen LogP contribution < -0.4 is 0 Å². The van der Waals surface area contributed by atoms with Crippen LogP contribution in [0.1, 0.15) is 56.6 Å². The van der Waals surface area contributed by atoms with Crippen LogP contribution >= 0.6 is 0 Å². The van der Waals surface area contributed by atoms with E-state index in [1.807, 2.05) is 6.08 Å². The van der Waals surface area contributed by atoms with Gasteiger partial charge in [0.2, 0.25) is 0 Å². The predicted molar refractivity (Wildman–Crippen MR) is 73.6 cm³/mol. The minimum absolute atomic E-state index is 1.21. The van der Waals surface area contributed by atoms with Gasteiger partial charge in [-0.15, -0.1) is 0 Å². The van der Waals surface area contributed by atoms with Crippen molar-refractivity contribution in [3.05, 3.63) is 42.0 Å². The summed E-state index contributed by atoms with van der Waals surface area (Å²) >= 11 is 0. The highest BCUT2D eigenvalue weighted by atomic mass is 14.0. The fraction of sp³-hybridized carbons (Fsp3) is 0.500. The van der Waals surface area contributed by atoms with E-state index >= 15 is 0 Å². The zero-order chi connectivity index (χ0) is 11.6. The Morgan fingerprint density at radius 3 is 2.19 bits per heavy atom. The zero-order valence-corrected chi connectivity index (χ0v) is 10.5. The van der Waals surface area contributed by atoms with Crippen LogP contribution in [0.5, 0.6) is 0 Å². The molecule has 88 valence electrons. The Labute approximate surface area is 100 Å². The molecule has 0 nitrogen and oxygen atoms in total. The van der Waals surface area contributed by atoms with Crippen LogP contribution in [0, 0.1) is 0 Å². The van der Waals surface area contributed by atoms with Crippen molar-refractivity contribution < 1.29 is 0 Å². The van der Waals surface area contributed by atoms with E-state index in [-0.39, 0.29) is 0 Å². The molecule has 0 N–H and O–H groups in total. The van der Waals surface area contributed by atoms with Crippen molar-refractivity contribution in [2.24, 2.45) is 0 Å². The molecule has 0 aliphatic heterocycles. The molecule has 0 amide bonds. The van der Waals surface area contributed by atoms with Crippen molar-refractivity contribution >= 4 is 6.08 Å². The Morgan fingerprint density at radius 1 is 0.938 bits per heavy atom. The Hall–Kier alpha value is -1.04. The van der Waals surface area contributed by atoms with Crippen molar-refractivity contribution in [1.82, 2.24) is 0 Å². The molecule has 0 heteroatoms. The summed E-state index contributed by atoms with van der Waals surface area (Å²) in [5, 5.41) is 0. The Bertz CT molecular complexity index is 281. The molecule has 0 aliphatic rings. The van der Waals surface area contributed by atoms with Crippen LogP contribution in [0.4, 0.5) is 0 Å². The van der Waals surface area contributed by atoms with Crippen molar-refractivity contribution in [2.45, 2.75) is 51.9 Å². The van der Waals surface area contributed by atoms with E-state index in [1.54, 1.807) is 0 Å². The Kier molecular flexibility index (Phi) is 6.64. The van der Waals surface area contributed by atoms with Gasteiger partial charge >= 0.3 is 0 Å². The van der Waals surface area contributed by atoms with Gasteiger partial charge in [0.05, 0.1) is 0 Å². The molecule has 1 aromatic rings. The lowest BCUT2D eigenvalue weighted by Gasteiger charge is -2.02. The quantitative estimate of drug-likeness (QED) is 0.522. The van der Waals surface area contributed by atoms with Crippen molar-refractivity contribution in [3.63, 3.8) is 0 Å². The summed E-state index contributed by atoms with van der Waals surface area (Å²) in [6.07, 6.45) is 11.4. The molecule has 16 heavy (non-hydrogen) atoms. The molecule has 0 spiro atoms. The van der Waals surface area contributed by atoms with Crippen molar-refractivity contribution in [1.29, 1.82) is 0 Å². The first-order valence-corrected chi connectivity index (χ1v) is 6.58. The monoisotopic (exact) mass is 216 g/mol. The lowest BCUT2D eigenvalue weighted by Crippen LogP contribution is -1.86. The summed E-state index contributed by atoms with van der Waals surface area (Å²) in [7, 11) is 0. The lowest BCUT2D eigenvalue weighted by molar-refractivity contribution is 0.607. The highest BCUT2D eigenvalue weighted by molar-refractivity contribution is 5.47. The summed E-state index contributed by atoms with van der Waals surface area (Å²) in [4.78, 5) is 0. The highest BCUT2D eigenvalue weighted by Gasteiger charge is 1.94. The lowest BCUT2D eigenvalue weighted by atomic mass is 10.0. The van der Waals surface area contributed by atoms with Crippen LogP contribution in [0.3, 0.4) is 0 Å². The normalized spacial score (nSPS) is 10.3. The SMILES string of the molecule is C=Cc1ccc(CCCCCCCC)cc1. The van der Waals surface area contributed by atoms with Crippen molar-refractivity contribution in [2.75, 3.05) is 0 Å². The largest absolute Gasteiger partial charge is 0.0985 e. The molecular weight excluding hydrogens is 192 g/mol. The van der Waals surface area contributed by atoms with Gasteiger partial charge < -0.3 is 0 Å². The minimum atomic E-state index is 1.21. The summed E-state index contributed by atoms with van der Waals surface area (Å²) in [5.41, 5.74) is 2.67. The molecule has 0 bridgehead atoms. The van der Waals surface area contributed by atoms with Gasteiger partial charge in [-0.05, 0) is 24.0 Å². The molecule has 0 saturated heterocycles. The van der Waals surface area contributed by atoms with E-state index in [2.05, 4.69) is 37.8 Å². The maximum atomic E-state index is 3.76. The van der Waals surface area contributed by atoms with Gasteiger partial charge in [-0.1, -0.05) is 75.9 Å². The highest BCUT2D eigenvalue weighted by Crippen LogP contribution is 2.11. The van der Waals surface area contributed by atoms with E-state index in [4.69, 9.17) is 0 Å². The molecule has 0 aliphatic carbocycles. The topological polar surface area (TPSA) is 0 Å². The third-order valence-corrected chi connectivity index (χ3v) is 3.03. The molecule has 0 aromatic heterocycles. The van der Waals surface area contributed by atoms with E-state index in [9.17, 15) is 0 Å². The molecule has 0 radical (unpaired) electrons. The van der Waals surface area contributed by atoms with Gasteiger partial charge in [0, 0.05) is 0 Å². The van der Waals surface area contributed by atoms with Crippen LogP contribution in [-0.4, -0.2) is 0 Å². The minimum Gasteiger partial charge on any atom is -0.0985 e. The maximum Gasteiger partial charge on any atom is -0.0262 e. The molecular formula is C16H24. The molecule has 1 aromatic carbocycles. The number of hydrogen-bond acceptors (Lipinski definition) is 0. The molecule has 1 rings (SSSR count). The fourth-order valence-corrected chi connectivity index (χ4v) is 1.93. The first-order chi connectivity index (χ1) is 7.86. The number of rotatable bonds is 8. The third kappa shape index (κ3) is 5.16. The third-order valence-electron chi connectivity index (χ3n) is 3.03. The number of benzene rings is 1. The van der Waals surface area contributed by atoms with Gasteiger partial charge in [-0.3, -0.25) is 0 Å². The van der Waals surface area contributed by atoms with Crippen LogP contribution in [0.2, 0.25) is 0 Å². The molecule has 0 fully saturated rings. The van der Waals surface area contributed by atoms with Crippen LogP contribution in [-0.2, 0) is 6.42 Å². The molecule has 0 unspecified atom stereocenters. The van der Waals surface area contributed by atoms with Gasteiger partial charge in [0.15, 0.2) is 0 Å². The van der Waals surface area contributed by atoms with Gasteiger partial charge in [-0.2, -0.15) is 0 Å². The predicted octanol–water partition coefficient (Wildman–Crippen LogP) is 5.23. The average Bonchev–Trinajstić information content (AvgIpc) is 2.34. The number of aryl methyl sites for hydroxylation is 1. The summed E-state index contributed by atoms with van der Waals surface area (Å²) < 4.78 is 0. The fourth-order valence-electron chi connectivity index (χ4n) is 1.93. The van der Waals surface area contributed by atoms with E-state index in [0.29, 0.717) is 0 Å². The Balaban J connectivity index is 2.14. The molecule has 0 atom stereocenters. The molecule has 0 saturated carbocycles. The second-order valence-electron chi connectivity index (χ2n) is 4.46. The smallest absolute Gasteiger partial charge is 0.0262 e. The standard InChI is InChI=1S/C16H24/c1-3-5-6-7-8-9-10-16-13-11-15(4-2)12-14-16/h4,11-14H,2-3,5-10H2,1H3. The van der Waals surface area contributed by atoms with E-state index in [0.717, 1.165) is 0 Å². The van der Waals surface area contributed by atoms with Gasteiger partial charge in [0.1, 0.15) is 0 Å². The second-order valence-corrected chi connectivity index (χ2v) is 4.46. The van der Waals surface area contributed by atoms with Crippen molar-refractivity contribution in [3.8, 4) is 0 Å². The summed E-state index contributed by atoms with van der Waals surface area (Å²) in [6.45, 7) is 6.03.